The third-order valence-corrected chi connectivity index (χ3v) is 8.25. The highest BCUT2D eigenvalue weighted by molar-refractivity contribution is 5.69. The van der Waals surface area contributed by atoms with E-state index >= 15 is 0 Å². The van der Waals surface area contributed by atoms with Gasteiger partial charge in [-0.3, -0.25) is 9.59 Å². The molecular formula is C42H72O4. The van der Waals surface area contributed by atoms with E-state index in [4.69, 9.17) is 9.84 Å². The minimum Gasteiger partial charge on any atom is -0.481 e. The van der Waals surface area contributed by atoms with Gasteiger partial charge in [0.25, 0.3) is 0 Å². The van der Waals surface area contributed by atoms with Crippen molar-refractivity contribution in [2.24, 2.45) is 0 Å². The number of carboxylic acid groups (broad SMARTS) is 1. The highest BCUT2D eigenvalue weighted by Gasteiger charge is 2.14. The second kappa shape index (κ2) is 37.1. The number of unbranched alkanes of at least 4 members (excludes halogenated alkanes) is 15. The molecule has 264 valence electrons. The summed E-state index contributed by atoms with van der Waals surface area (Å²) in [6, 6.07) is 0. The summed E-state index contributed by atoms with van der Waals surface area (Å²) in [4.78, 5) is 23.2. The first-order valence-corrected chi connectivity index (χ1v) is 19.3. The Morgan fingerprint density at radius 2 is 0.913 bits per heavy atom. The first-order chi connectivity index (χ1) is 22.6. The Morgan fingerprint density at radius 1 is 0.500 bits per heavy atom. The van der Waals surface area contributed by atoms with Gasteiger partial charge in [-0.05, 0) is 77.0 Å². The third-order valence-electron chi connectivity index (χ3n) is 8.25. The molecule has 4 heteroatoms. The van der Waals surface area contributed by atoms with E-state index in [-0.39, 0.29) is 12.1 Å². The summed E-state index contributed by atoms with van der Waals surface area (Å²) >= 11 is 0. The van der Waals surface area contributed by atoms with Crippen molar-refractivity contribution in [2.45, 2.75) is 193 Å². The van der Waals surface area contributed by atoms with E-state index in [0.717, 1.165) is 89.9 Å². The zero-order valence-electron chi connectivity index (χ0n) is 30.1. The Bertz CT molecular complexity index is 820. The predicted molar refractivity (Wildman–Crippen MR) is 199 cm³/mol. The predicted octanol–water partition coefficient (Wildman–Crippen LogP) is 13.3. The SMILES string of the molecule is CC/C=C\C/C=C\C/C=C\C/C=C\C/C=C\CCCC(=O)OC(CCCCCCCCC)CCCCCCCCCCCC(=O)O. The summed E-state index contributed by atoms with van der Waals surface area (Å²) in [5.41, 5.74) is 0. The monoisotopic (exact) mass is 641 g/mol. The summed E-state index contributed by atoms with van der Waals surface area (Å²) < 4.78 is 5.99. The lowest BCUT2D eigenvalue weighted by Gasteiger charge is -2.18. The standard InChI is InChI=1S/C42H72O4/c1-3-5-7-9-11-12-13-14-15-16-17-18-19-23-27-31-35-39-42(45)46-40(36-32-28-24-10-8-6-4-2)37-33-29-25-21-20-22-26-30-34-38-41(43)44/h5,7,11-12,14-15,17-18,23,27,40H,3-4,6,8-10,13,16,19-22,24-26,28-39H2,1-2H3,(H,43,44)/b7-5-,12-11-,15-14-,18-17-,27-23-. The molecule has 46 heavy (non-hydrogen) atoms. The minimum absolute atomic E-state index is 0.0248. The van der Waals surface area contributed by atoms with Crippen molar-refractivity contribution >= 4 is 11.9 Å². The molecule has 0 aliphatic carbocycles. The van der Waals surface area contributed by atoms with Crippen molar-refractivity contribution in [1.29, 1.82) is 0 Å². The number of aliphatic carboxylic acids is 1. The molecule has 0 fully saturated rings. The van der Waals surface area contributed by atoms with Crippen LogP contribution in [0.4, 0.5) is 0 Å². The van der Waals surface area contributed by atoms with Gasteiger partial charge in [-0.15, -0.1) is 0 Å². The van der Waals surface area contributed by atoms with Gasteiger partial charge in [0.1, 0.15) is 6.10 Å². The first-order valence-electron chi connectivity index (χ1n) is 19.3. The zero-order chi connectivity index (χ0) is 33.6. The number of carboxylic acids is 1. The fourth-order valence-corrected chi connectivity index (χ4v) is 5.45. The van der Waals surface area contributed by atoms with Crippen LogP contribution >= 0.6 is 0 Å². The van der Waals surface area contributed by atoms with Gasteiger partial charge in [0.05, 0.1) is 0 Å². The van der Waals surface area contributed by atoms with Crippen molar-refractivity contribution in [2.75, 3.05) is 0 Å². The second-order valence-electron chi connectivity index (χ2n) is 12.7. The van der Waals surface area contributed by atoms with E-state index in [1.54, 1.807) is 0 Å². The number of hydrogen-bond donors (Lipinski definition) is 1. The molecule has 0 bridgehead atoms. The Kier molecular flexibility index (Phi) is 35.2. The van der Waals surface area contributed by atoms with Gasteiger partial charge >= 0.3 is 11.9 Å². The lowest BCUT2D eigenvalue weighted by atomic mass is 10.0. The van der Waals surface area contributed by atoms with Crippen LogP contribution in [0.25, 0.3) is 0 Å². The van der Waals surface area contributed by atoms with Crippen LogP contribution in [0.2, 0.25) is 0 Å². The van der Waals surface area contributed by atoms with Gasteiger partial charge in [-0.2, -0.15) is 0 Å². The second-order valence-corrected chi connectivity index (χ2v) is 12.7. The molecule has 0 aliphatic heterocycles. The van der Waals surface area contributed by atoms with Crippen molar-refractivity contribution < 1.29 is 19.4 Å². The molecule has 0 amide bonds. The number of rotatable bonds is 34. The number of hydrogen-bond acceptors (Lipinski definition) is 3. The lowest BCUT2D eigenvalue weighted by Crippen LogP contribution is -2.18. The molecule has 0 heterocycles. The minimum atomic E-state index is -0.683. The molecule has 0 aromatic heterocycles. The quantitative estimate of drug-likeness (QED) is 0.0432. The van der Waals surface area contributed by atoms with Gasteiger partial charge in [-0.25, -0.2) is 0 Å². The highest BCUT2D eigenvalue weighted by Crippen LogP contribution is 2.18. The van der Waals surface area contributed by atoms with Crippen molar-refractivity contribution in [1.82, 2.24) is 0 Å². The van der Waals surface area contributed by atoms with Crippen molar-refractivity contribution in [3.05, 3.63) is 60.8 Å². The zero-order valence-corrected chi connectivity index (χ0v) is 30.1. The molecule has 4 nitrogen and oxygen atoms in total. The summed E-state index contributed by atoms with van der Waals surface area (Å²) in [6.07, 6.45) is 51.0. The summed E-state index contributed by atoms with van der Waals surface area (Å²) in [6.45, 7) is 4.42. The van der Waals surface area contributed by atoms with Crippen LogP contribution in [0.1, 0.15) is 187 Å². The number of ether oxygens (including phenoxy) is 1. The lowest BCUT2D eigenvalue weighted by molar-refractivity contribution is -0.150. The molecule has 0 saturated heterocycles. The maximum atomic E-state index is 12.6. The maximum Gasteiger partial charge on any atom is 0.306 e. The summed E-state index contributed by atoms with van der Waals surface area (Å²) in [5.74, 6) is -0.708. The highest BCUT2D eigenvalue weighted by atomic mass is 16.5. The van der Waals surface area contributed by atoms with Crippen LogP contribution in [0.15, 0.2) is 60.8 Å². The Labute approximate surface area is 284 Å². The number of allylic oxidation sites excluding steroid dienone is 10. The van der Waals surface area contributed by atoms with Gasteiger partial charge in [-0.1, -0.05) is 158 Å². The van der Waals surface area contributed by atoms with E-state index in [1.807, 2.05) is 0 Å². The van der Waals surface area contributed by atoms with E-state index in [9.17, 15) is 9.59 Å². The molecule has 0 saturated carbocycles. The molecular weight excluding hydrogens is 568 g/mol. The molecule has 0 rings (SSSR count). The van der Waals surface area contributed by atoms with Crippen LogP contribution in [-0.2, 0) is 14.3 Å². The normalized spacial score (nSPS) is 12.9. The average Bonchev–Trinajstić information content (AvgIpc) is 3.04. The molecule has 0 aliphatic rings. The van der Waals surface area contributed by atoms with E-state index in [1.165, 1.54) is 70.6 Å². The summed E-state index contributed by atoms with van der Waals surface area (Å²) in [5, 5.41) is 8.72. The van der Waals surface area contributed by atoms with Crippen LogP contribution < -0.4 is 0 Å². The van der Waals surface area contributed by atoms with E-state index in [2.05, 4.69) is 74.6 Å². The van der Waals surface area contributed by atoms with E-state index in [0.29, 0.717) is 12.8 Å². The van der Waals surface area contributed by atoms with E-state index < -0.39 is 5.97 Å². The topological polar surface area (TPSA) is 63.6 Å². The Hall–Kier alpha value is -2.36. The largest absolute Gasteiger partial charge is 0.481 e. The smallest absolute Gasteiger partial charge is 0.306 e. The Morgan fingerprint density at radius 3 is 1.37 bits per heavy atom. The molecule has 1 N–H and O–H groups in total. The first kappa shape index (κ1) is 43.6. The van der Waals surface area contributed by atoms with Crippen LogP contribution in [0, 0.1) is 0 Å². The van der Waals surface area contributed by atoms with Gasteiger partial charge in [0.15, 0.2) is 0 Å². The molecule has 0 spiro atoms. The van der Waals surface area contributed by atoms with Crippen molar-refractivity contribution in [3.8, 4) is 0 Å². The third kappa shape index (κ3) is 36.1. The molecule has 0 aromatic rings. The Balaban J connectivity index is 4.13. The number of carbonyl (C=O) groups excluding carboxylic acids is 1. The molecule has 1 unspecified atom stereocenters. The maximum absolute atomic E-state index is 12.6. The summed E-state index contributed by atoms with van der Waals surface area (Å²) in [7, 11) is 0. The number of esters is 1. The van der Waals surface area contributed by atoms with Crippen LogP contribution in [0.5, 0.6) is 0 Å². The fourth-order valence-electron chi connectivity index (χ4n) is 5.45. The van der Waals surface area contributed by atoms with Gasteiger partial charge in [0.2, 0.25) is 0 Å². The van der Waals surface area contributed by atoms with Gasteiger partial charge in [0, 0.05) is 12.8 Å². The van der Waals surface area contributed by atoms with Crippen LogP contribution in [0.3, 0.4) is 0 Å². The average molecular weight is 641 g/mol. The fraction of sp³-hybridized carbons (Fsp3) is 0.714. The molecule has 1 atom stereocenters. The van der Waals surface area contributed by atoms with Gasteiger partial charge < -0.3 is 9.84 Å². The van der Waals surface area contributed by atoms with Crippen molar-refractivity contribution in [3.63, 3.8) is 0 Å². The van der Waals surface area contributed by atoms with Crippen LogP contribution in [-0.4, -0.2) is 23.1 Å². The number of carbonyl (C=O) groups is 2. The molecule has 0 radical (unpaired) electrons. The molecule has 0 aromatic carbocycles.